The van der Waals surface area contributed by atoms with E-state index in [9.17, 15) is 24.0 Å². The molecular formula is C31H44N4O6S2. The maximum atomic E-state index is 14.0. The number of carbonyl (C=O) groups is 5. The van der Waals surface area contributed by atoms with Gasteiger partial charge in [0, 0.05) is 32.1 Å². The van der Waals surface area contributed by atoms with E-state index >= 15 is 0 Å². The van der Waals surface area contributed by atoms with Gasteiger partial charge >= 0.3 is 12.1 Å². The topological polar surface area (TPSA) is 108 Å². The first kappa shape index (κ1) is 31.0. The van der Waals surface area contributed by atoms with Crippen molar-refractivity contribution in [3.05, 3.63) is 9.81 Å². The molecule has 236 valence electrons. The Labute approximate surface area is 262 Å². The smallest absolute Gasteiger partial charge is 0.334 e. The Morgan fingerprint density at radius 2 is 1.47 bits per heavy atom. The fraction of sp³-hybridized carbons (Fsp3) is 0.774. The molecule has 6 aliphatic rings. The third-order valence-corrected chi connectivity index (χ3v) is 12.8. The number of thioether (sulfide) groups is 2. The largest absolute Gasteiger partial charge is 0.381 e. The molecule has 12 heteroatoms. The minimum absolute atomic E-state index is 0.0901. The van der Waals surface area contributed by atoms with Crippen molar-refractivity contribution in [3.63, 3.8) is 0 Å². The second-order valence-corrected chi connectivity index (χ2v) is 16.1. The van der Waals surface area contributed by atoms with Crippen LogP contribution in [0.15, 0.2) is 9.81 Å². The molecule has 10 nitrogen and oxygen atoms in total. The van der Waals surface area contributed by atoms with Gasteiger partial charge in [0.05, 0.1) is 17.5 Å². The van der Waals surface area contributed by atoms with Crippen LogP contribution in [0, 0.1) is 17.3 Å². The number of hydrogen-bond acceptors (Lipinski definition) is 8. The van der Waals surface area contributed by atoms with Crippen molar-refractivity contribution in [2.24, 2.45) is 17.3 Å². The molecule has 43 heavy (non-hydrogen) atoms. The lowest BCUT2D eigenvalue weighted by atomic mass is 9.51. The van der Waals surface area contributed by atoms with Crippen LogP contribution in [0.4, 0.5) is 9.59 Å². The zero-order chi connectivity index (χ0) is 30.5. The van der Waals surface area contributed by atoms with Gasteiger partial charge in [-0.05, 0) is 74.2 Å². The van der Waals surface area contributed by atoms with Crippen LogP contribution in [-0.4, -0.2) is 106 Å². The van der Waals surface area contributed by atoms with E-state index in [4.69, 9.17) is 4.74 Å². The van der Waals surface area contributed by atoms with Crippen molar-refractivity contribution >= 4 is 53.3 Å². The Morgan fingerprint density at radius 1 is 0.837 bits per heavy atom. The second kappa shape index (κ2) is 12.0. The fourth-order valence-corrected chi connectivity index (χ4v) is 10.5. The van der Waals surface area contributed by atoms with Gasteiger partial charge in [0.25, 0.3) is 17.7 Å². The SMILES string of the molecule is CCSC(SCC)=C1C(=O)N(CC2CCCC2)C(=O)N(C2CCC3(CC2)CC2(C3)C(=O)N(C)C(=O)N2CC2COC2)C1=O. The van der Waals surface area contributed by atoms with E-state index in [2.05, 4.69) is 0 Å². The maximum absolute atomic E-state index is 14.0. The highest BCUT2D eigenvalue weighted by molar-refractivity contribution is 8.22. The molecule has 7 amide bonds. The normalized spacial score (nSPS) is 32.1. The van der Waals surface area contributed by atoms with Gasteiger partial charge in [-0.3, -0.25) is 29.1 Å². The van der Waals surface area contributed by atoms with E-state index in [1.165, 1.54) is 38.2 Å². The van der Waals surface area contributed by atoms with Crippen LogP contribution in [0.3, 0.4) is 0 Å². The summed E-state index contributed by atoms with van der Waals surface area (Å²) in [5, 5.41) is 0. The molecule has 6 fully saturated rings. The summed E-state index contributed by atoms with van der Waals surface area (Å²) < 4.78 is 6.04. The van der Waals surface area contributed by atoms with Crippen LogP contribution in [0.2, 0.25) is 0 Å². The van der Waals surface area contributed by atoms with Gasteiger partial charge in [0.2, 0.25) is 0 Å². The molecule has 0 aromatic heterocycles. The van der Waals surface area contributed by atoms with Crippen LogP contribution >= 0.6 is 23.5 Å². The first-order valence-corrected chi connectivity index (χ1v) is 18.0. The van der Waals surface area contributed by atoms with E-state index in [1.807, 2.05) is 13.8 Å². The summed E-state index contributed by atoms with van der Waals surface area (Å²) in [7, 11) is 1.57. The van der Waals surface area contributed by atoms with E-state index < -0.39 is 23.4 Å². The molecule has 0 aromatic rings. The zero-order valence-corrected chi connectivity index (χ0v) is 27.2. The first-order valence-electron chi connectivity index (χ1n) is 16.0. The molecule has 3 aliphatic carbocycles. The molecule has 3 saturated carbocycles. The number of rotatable bonds is 9. The summed E-state index contributed by atoms with van der Waals surface area (Å²) in [5.41, 5.74) is -0.713. The van der Waals surface area contributed by atoms with Gasteiger partial charge in [-0.2, -0.15) is 0 Å². The van der Waals surface area contributed by atoms with Gasteiger partial charge in [-0.15, -0.1) is 23.5 Å². The summed E-state index contributed by atoms with van der Waals surface area (Å²) in [5.74, 6) is 1.02. The molecular weight excluding hydrogens is 588 g/mol. The van der Waals surface area contributed by atoms with Crippen molar-refractivity contribution in [2.45, 2.75) is 89.6 Å². The molecule has 6 rings (SSSR count). The van der Waals surface area contributed by atoms with Gasteiger partial charge in [0.15, 0.2) is 0 Å². The Morgan fingerprint density at radius 3 is 2.02 bits per heavy atom. The van der Waals surface area contributed by atoms with Gasteiger partial charge in [0.1, 0.15) is 11.1 Å². The second-order valence-electron chi connectivity index (χ2n) is 13.3. The van der Waals surface area contributed by atoms with E-state index in [-0.39, 0.29) is 40.8 Å². The third kappa shape index (κ3) is 5.22. The first-order chi connectivity index (χ1) is 20.6. The molecule has 2 spiro atoms. The summed E-state index contributed by atoms with van der Waals surface area (Å²) in [4.78, 5) is 73.9. The Bertz CT molecular complexity index is 1200. The minimum Gasteiger partial charge on any atom is -0.381 e. The average Bonchev–Trinajstić information content (AvgIpc) is 3.52. The number of amides is 7. The number of ether oxygens (including phenoxy) is 1. The number of carbonyl (C=O) groups excluding carboxylic acids is 5. The number of urea groups is 2. The van der Waals surface area contributed by atoms with E-state index in [1.54, 1.807) is 11.9 Å². The summed E-state index contributed by atoms with van der Waals surface area (Å²) in [6.07, 6.45) is 8.29. The highest BCUT2D eigenvalue weighted by Crippen LogP contribution is 2.61. The number of likely N-dealkylation sites (N-methyl/N-ethyl adjacent to an activating group) is 1. The molecule has 0 aromatic carbocycles. The molecule has 0 unspecified atom stereocenters. The predicted molar refractivity (Wildman–Crippen MR) is 165 cm³/mol. The van der Waals surface area contributed by atoms with Crippen molar-refractivity contribution < 1.29 is 28.7 Å². The monoisotopic (exact) mass is 632 g/mol. The van der Waals surface area contributed by atoms with Crippen LogP contribution in [0.5, 0.6) is 0 Å². The van der Waals surface area contributed by atoms with Gasteiger partial charge < -0.3 is 9.64 Å². The molecule has 3 heterocycles. The van der Waals surface area contributed by atoms with Crippen molar-refractivity contribution in [1.82, 2.24) is 19.6 Å². The number of imide groups is 3. The molecule has 3 saturated heterocycles. The highest BCUT2D eigenvalue weighted by atomic mass is 32.2. The number of nitrogens with zero attached hydrogens (tertiary/aromatic N) is 4. The zero-order valence-electron chi connectivity index (χ0n) is 25.6. The van der Waals surface area contributed by atoms with Crippen LogP contribution in [0.25, 0.3) is 0 Å². The summed E-state index contributed by atoms with van der Waals surface area (Å²) in [6, 6.07) is -0.976. The van der Waals surface area contributed by atoms with Gasteiger partial charge in [-0.1, -0.05) is 26.7 Å². The Kier molecular flexibility index (Phi) is 8.67. The lowest BCUT2D eigenvalue weighted by Gasteiger charge is -2.59. The minimum atomic E-state index is -0.783. The van der Waals surface area contributed by atoms with Crippen molar-refractivity contribution in [3.8, 4) is 0 Å². The van der Waals surface area contributed by atoms with Crippen molar-refractivity contribution in [1.29, 1.82) is 0 Å². The molecule has 0 bridgehead atoms. The summed E-state index contributed by atoms with van der Waals surface area (Å²) >= 11 is 3.01. The van der Waals surface area contributed by atoms with E-state index in [0.29, 0.717) is 56.2 Å². The molecule has 0 atom stereocenters. The predicted octanol–water partition coefficient (Wildman–Crippen LogP) is 4.69. The molecule has 0 N–H and O–H groups in total. The van der Waals surface area contributed by atoms with Crippen LogP contribution in [0.1, 0.15) is 78.1 Å². The average molecular weight is 633 g/mol. The lowest BCUT2D eigenvalue weighted by molar-refractivity contribution is -0.153. The number of hydrogen-bond donors (Lipinski definition) is 0. The van der Waals surface area contributed by atoms with Crippen LogP contribution < -0.4 is 0 Å². The maximum Gasteiger partial charge on any atom is 0.334 e. The Hall–Kier alpha value is -2.05. The highest BCUT2D eigenvalue weighted by Gasteiger charge is 2.68. The quantitative estimate of drug-likeness (QED) is 0.205. The Balaban J connectivity index is 1.20. The molecule has 0 radical (unpaired) electrons. The molecule has 3 aliphatic heterocycles. The third-order valence-electron chi connectivity index (χ3n) is 10.6. The van der Waals surface area contributed by atoms with Crippen molar-refractivity contribution in [2.75, 3.05) is 44.9 Å². The van der Waals surface area contributed by atoms with E-state index in [0.717, 1.165) is 50.0 Å². The lowest BCUT2D eigenvalue weighted by Crippen LogP contribution is -2.66. The fourth-order valence-electron chi connectivity index (χ4n) is 8.34. The number of barbiturate groups is 1. The standard InChI is InChI=1S/C31H44N4O6S2/c1-4-42-26(43-5-2)23-24(36)33(14-20-8-6-7-9-20)29(40)35(25(23)37)22-10-12-30(13-11-22)18-31(19-30)27(38)32(3)28(39)34(31)15-21-16-41-17-21/h20-22H,4-19H2,1-3H3. The summed E-state index contributed by atoms with van der Waals surface area (Å²) in [6.45, 7) is 6.16. The van der Waals surface area contributed by atoms with Crippen LogP contribution in [-0.2, 0) is 19.1 Å². The van der Waals surface area contributed by atoms with Gasteiger partial charge in [-0.25, -0.2) is 9.59 Å².